The van der Waals surface area contributed by atoms with E-state index in [1.54, 1.807) is 6.92 Å². The van der Waals surface area contributed by atoms with E-state index in [0.717, 1.165) is 48.9 Å². The first-order chi connectivity index (χ1) is 16.4. The molecule has 0 aromatic rings. The van der Waals surface area contributed by atoms with E-state index >= 15 is 0 Å². The van der Waals surface area contributed by atoms with Gasteiger partial charge in [-0.2, -0.15) is 0 Å². The van der Waals surface area contributed by atoms with Crippen molar-refractivity contribution in [2.24, 2.45) is 52.3 Å². The first-order valence-electron chi connectivity index (χ1n) is 14.6. The van der Waals surface area contributed by atoms with E-state index in [9.17, 15) is 4.79 Å². The molecule has 0 aromatic carbocycles. The lowest BCUT2D eigenvalue weighted by atomic mass is 9.44. The first-order valence-corrected chi connectivity index (χ1v) is 16.3. The molecule has 0 aromatic heterocycles. The van der Waals surface area contributed by atoms with Gasteiger partial charge in [-0.05, 0) is 104 Å². The maximum atomic E-state index is 11.7. The summed E-state index contributed by atoms with van der Waals surface area (Å²) in [6, 6.07) is 0. The van der Waals surface area contributed by atoms with Crippen molar-refractivity contribution in [2.75, 3.05) is 0 Å². The number of allylic oxidation sites excluding steroid dienone is 2. The summed E-state index contributed by atoms with van der Waals surface area (Å²) < 4.78 is 5.73. The highest BCUT2D eigenvalue weighted by molar-refractivity contribution is 9.12. The quantitative estimate of drug-likeness (QED) is 0.169. The topological polar surface area (TPSA) is 26.3 Å². The third-order valence-corrected chi connectivity index (χ3v) is 15.3. The van der Waals surface area contributed by atoms with Gasteiger partial charge in [-0.1, -0.05) is 85.6 Å². The van der Waals surface area contributed by atoms with Gasteiger partial charge in [0.05, 0.1) is 0 Å². The molecule has 4 fully saturated rings. The minimum absolute atomic E-state index is 0.00726. The predicted molar refractivity (Wildman–Crippen MR) is 154 cm³/mol. The fourth-order valence-electron chi connectivity index (χ4n) is 9.67. The number of esters is 1. The van der Waals surface area contributed by atoms with Gasteiger partial charge >= 0.3 is 5.97 Å². The Bertz CT molecular complexity index is 810. The first kappa shape index (κ1) is 28.2. The monoisotopic (exact) mass is 612 g/mol. The van der Waals surface area contributed by atoms with E-state index in [0.29, 0.717) is 22.1 Å². The Labute approximate surface area is 232 Å². The van der Waals surface area contributed by atoms with Crippen LogP contribution in [0.25, 0.3) is 0 Å². The van der Waals surface area contributed by atoms with Crippen LogP contribution in [-0.4, -0.2) is 21.2 Å². The molecule has 0 spiro atoms. The summed E-state index contributed by atoms with van der Waals surface area (Å²) in [5.41, 5.74) is 0.714. The summed E-state index contributed by atoms with van der Waals surface area (Å²) in [6.45, 7) is 16.3. The lowest BCUT2D eigenvalue weighted by Crippen LogP contribution is -2.64. The van der Waals surface area contributed by atoms with Crippen molar-refractivity contribution < 1.29 is 9.53 Å². The predicted octanol–water partition coefficient (Wildman–Crippen LogP) is 9.34. The molecule has 0 aliphatic heterocycles. The smallest absolute Gasteiger partial charge is 0.302 e. The Morgan fingerprint density at radius 3 is 2.40 bits per heavy atom. The van der Waals surface area contributed by atoms with E-state index in [1.807, 2.05) is 0 Å². The zero-order valence-corrected chi connectivity index (χ0v) is 26.5. The lowest BCUT2D eigenvalue weighted by Gasteiger charge is -2.66. The number of hydrogen-bond acceptors (Lipinski definition) is 2. The third-order valence-electron chi connectivity index (χ3n) is 11.7. The molecule has 0 heterocycles. The van der Waals surface area contributed by atoms with E-state index in [1.165, 1.54) is 38.5 Å². The van der Waals surface area contributed by atoms with E-state index in [4.69, 9.17) is 4.74 Å². The normalized spacial score (nSPS) is 47.1. The molecule has 0 N–H and O–H groups in total. The lowest BCUT2D eigenvalue weighted by molar-refractivity contribution is -0.155. The van der Waals surface area contributed by atoms with Crippen molar-refractivity contribution in [3.8, 4) is 0 Å². The van der Waals surface area contributed by atoms with Crippen molar-refractivity contribution in [1.82, 2.24) is 0 Å². The van der Waals surface area contributed by atoms with E-state index in [-0.39, 0.29) is 21.8 Å². The molecule has 4 heteroatoms. The van der Waals surface area contributed by atoms with Gasteiger partial charge in [0, 0.05) is 22.5 Å². The Kier molecular flexibility index (Phi) is 8.36. The number of halogens is 2. The van der Waals surface area contributed by atoms with Gasteiger partial charge in [-0.3, -0.25) is 4.79 Å². The zero-order valence-electron chi connectivity index (χ0n) is 23.3. The molecule has 0 radical (unpaired) electrons. The maximum Gasteiger partial charge on any atom is 0.302 e. The van der Waals surface area contributed by atoms with Gasteiger partial charge in [-0.15, -0.1) is 0 Å². The van der Waals surface area contributed by atoms with E-state index < -0.39 is 0 Å². The standard InChI is InChI=1S/C31H50Br2O2/c1-8-22(19(2)3)10-9-20(4)25-11-12-26-24-17-28(32)31(33)18-23(35-21(5)34)13-16-30(31,7)27(24)14-15-29(25,26)6/h9-10,19-20,22-28H,8,11-18H2,1-7H3/b10-9+/t20?,22?,23-,24-,25+,26-,27-,28+,29+,30+,31-/m0/s1. The summed E-state index contributed by atoms with van der Waals surface area (Å²) in [7, 11) is 0. The van der Waals surface area contributed by atoms with Crippen molar-refractivity contribution in [3.63, 3.8) is 0 Å². The molecular formula is C31H50Br2O2. The summed E-state index contributed by atoms with van der Waals surface area (Å²) in [6.07, 6.45) is 16.3. The van der Waals surface area contributed by atoms with Gasteiger partial charge in [0.15, 0.2) is 0 Å². The molecule has 0 amide bonds. The fourth-order valence-corrected chi connectivity index (χ4v) is 11.9. The van der Waals surface area contributed by atoms with Crippen LogP contribution in [0.15, 0.2) is 12.2 Å². The second kappa shape index (κ2) is 10.4. The molecule has 0 bridgehead atoms. The van der Waals surface area contributed by atoms with Crippen LogP contribution in [0.1, 0.15) is 106 Å². The van der Waals surface area contributed by atoms with Gasteiger partial charge in [0.2, 0.25) is 0 Å². The molecule has 35 heavy (non-hydrogen) atoms. The number of ether oxygens (including phenoxy) is 1. The van der Waals surface area contributed by atoms with Gasteiger partial charge < -0.3 is 4.74 Å². The molecule has 4 aliphatic rings. The second-order valence-corrected chi connectivity index (χ2v) is 16.1. The highest BCUT2D eigenvalue weighted by Gasteiger charge is 2.67. The van der Waals surface area contributed by atoms with Crippen LogP contribution in [0.4, 0.5) is 0 Å². The molecular weight excluding hydrogens is 564 g/mol. The van der Waals surface area contributed by atoms with Crippen LogP contribution in [0.3, 0.4) is 0 Å². The SMILES string of the molecule is CCC(/C=C/C(C)[C@H]1CC[C@H]2[C@@H]3C[C@@H](Br)[C@@]4(Br)C[C@@H](OC(C)=O)CC[C@]4(C)[C@H]3CC[C@]12C)C(C)C. The molecule has 4 saturated carbocycles. The van der Waals surface area contributed by atoms with Crippen LogP contribution < -0.4 is 0 Å². The molecule has 200 valence electrons. The summed E-state index contributed by atoms with van der Waals surface area (Å²) in [5, 5.41) is 0. The fraction of sp³-hybridized carbons (Fsp3) is 0.903. The van der Waals surface area contributed by atoms with Crippen molar-refractivity contribution in [3.05, 3.63) is 12.2 Å². The molecule has 2 nitrogen and oxygen atoms in total. The third kappa shape index (κ3) is 4.76. The zero-order chi connectivity index (χ0) is 25.8. The Balaban J connectivity index is 1.54. The summed E-state index contributed by atoms with van der Waals surface area (Å²) >= 11 is 8.51. The van der Waals surface area contributed by atoms with Crippen LogP contribution in [0.2, 0.25) is 0 Å². The highest BCUT2D eigenvalue weighted by Crippen LogP contribution is 2.71. The number of alkyl halides is 2. The largest absolute Gasteiger partial charge is 0.463 e. The number of carbonyl (C=O) groups is 1. The average Bonchev–Trinajstić information content (AvgIpc) is 3.13. The summed E-state index contributed by atoms with van der Waals surface area (Å²) in [4.78, 5) is 12.1. The van der Waals surface area contributed by atoms with Crippen molar-refractivity contribution in [2.45, 2.75) is 122 Å². The second-order valence-electron chi connectivity index (χ2n) is 13.6. The molecule has 11 atom stereocenters. The van der Waals surface area contributed by atoms with Crippen LogP contribution >= 0.6 is 31.9 Å². The van der Waals surface area contributed by atoms with Gasteiger partial charge in [0.1, 0.15) is 6.10 Å². The van der Waals surface area contributed by atoms with Crippen LogP contribution in [0, 0.1) is 52.3 Å². The molecule has 4 rings (SSSR count). The number of rotatable bonds is 6. The van der Waals surface area contributed by atoms with Gasteiger partial charge in [-0.25, -0.2) is 0 Å². The number of fused-ring (bicyclic) bond motifs is 5. The minimum atomic E-state index is -0.137. The van der Waals surface area contributed by atoms with Gasteiger partial charge in [0.25, 0.3) is 0 Å². The van der Waals surface area contributed by atoms with Crippen LogP contribution in [0.5, 0.6) is 0 Å². The maximum absolute atomic E-state index is 11.7. The number of carbonyl (C=O) groups excluding carboxylic acids is 1. The molecule has 2 unspecified atom stereocenters. The van der Waals surface area contributed by atoms with E-state index in [2.05, 4.69) is 85.6 Å². The van der Waals surface area contributed by atoms with Crippen LogP contribution in [-0.2, 0) is 9.53 Å². The molecule has 4 aliphatic carbocycles. The highest BCUT2D eigenvalue weighted by atomic mass is 79.9. The number of hydrogen-bond donors (Lipinski definition) is 0. The molecule has 0 saturated heterocycles. The minimum Gasteiger partial charge on any atom is -0.463 e. The Hall–Kier alpha value is 0.170. The Morgan fingerprint density at radius 2 is 1.77 bits per heavy atom. The Morgan fingerprint density at radius 1 is 1.06 bits per heavy atom. The average molecular weight is 615 g/mol. The van der Waals surface area contributed by atoms with Crippen molar-refractivity contribution >= 4 is 37.8 Å². The van der Waals surface area contributed by atoms with Crippen molar-refractivity contribution in [1.29, 1.82) is 0 Å². The summed E-state index contributed by atoms with van der Waals surface area (Å²) in [5.74, 6) is 5.19.